The van der Waals surface area contributed by atoms with E-state index in [-0.39, 0.29) is 17.5 Å². The summed E-state index contributed by atoms with van der Waals surface area (Å²) in [7, 11) is 5.57. The molecule has 0 bridgehead atoms. The molecule has 3 aliphatic rings. The third kappa shape index (κ3) is 4.13. The molecule has 3 atom stereocenters. The topological polar surface area (TPSA) is 62.8 Å². The van der Waals surface area contributed by atoms with Crippen LogP contribution < -0.4 is 20.1 Å². The molecule has 0 unspecified atom stereocenters. The summed E-state index contributed by atoms with van der Waals surface area (Å²) in [6.45, 7) is 1.05. The summed E-state index contributed by atoms with van der Waals surface area (Å²) in [6, 6.07) is 21.5. The molecule has 0 spiro atoms. The average molecular weight is 498 g/mol. The highest BCUT2D eigenvalue weighted by molar-refractivity contribution is 5.90. The van der Waals surface area contributed by atoms with E-state index in [1.807, 2.05) is 12.1 Å². The molecule has 2 fully saturated rings. The number of likely N-dealkylation sites (tertiary alicyclic amines) is 1. The number of nitrogens with zero attached hydrogens (tertiary/aromatic N) is 1. The summed E-state index contributed by atoms with van der Waals surface area (Å²) in [6.07, 6.45) is 4.93. The standard InChI is InChI=1S/C31H35N3O3/c1-34-15-14-31(22-8-11-27(36-2)28(18-22)37-3)13-12-24(19-29(31)34)33-30(35)32-23-9-10-26-21(17-23)16-20-6-4-5-7-25(20)26/h4-11,17-18,24,29H,12-16,19H2,1-3H3,(H2,32,33,35)/t24-,29+,31+/m1/s1. The van der Waals surface area contributed by atoms with Crippen LogP contribution in [0.25, 0.3) is 11.1 Å². The molecule has 3 aromatic rings. The van der Waals surface area contributed by atoms with Crippen LogP contribution >= 0.6 is 0 Å². The molecular formula is C31H35N3O3. The molecule has 6 heteroatoms. The van der Waals surface area contributed by atoms with E-state index in [1.54, 1.807) is 14.2 Å². The Morgan fingerprint density at radius 3 is 2.59 bits per heavy atom. The number of hydrogen-bond acceptors (Lipinski definition) is 4. The van der Waals surface area contributed by atoms with Crippen LogP contribution in [-0.2, 0) is 11.8 Å². The van der Waals surface area contributed by atoms with Crippen molar-refractivity contribution >= 4 is 11.7 Å². The highest BCUT2D eigenvalue weighted by Crippen LogP contribution is 2.50. The maximum Gasteiger partial charge on any atom is 0.319 e. The fourth-order valence-electron chi connectivity index (χ4n) is 6.97. The molecule has 192 valence electrons. The summed E-state index contributed by atoms with van der Waals surface area (Å²) in [5.74, 6) is 1.53. The second kappa shape index (κ2) is 9.42. The van der Waals surface area contributed by atoms with Crippen LogP contribution in [0.2, 0.25) is 0 Å². The number of ether oxygens (including phenoxy) is 2. The van der Waals surface area contributed by atoms with Crippen molar-refractivity contribution in [1.82, 2.24) is 10.2 Å². The summed E-state index contributed by atoms with van der Waals surface area (Å²) in [4.78, 5) is 15.5. The van der Waals surface area contributed by atoms with Crippen molar-refractivity contribution < 1.29 is 14.3 Å². The van der Waals surface area contributed by atoms with Gasteiger partial charge in [-0.25, -0.2) is 4.79 Å². The highest BCUT2D eigenvalue weighted by atomic mass is 16.5. The molecule has 2 amide bonds. The fraction of sp³-hybridized carbons (Fsp3) is 0.387. The molecule has 2 N–H and O–H groups in total. The first-order chi connectivity index (χ1) is 18.0. The summed E-state index contributed by atoms with van der Waals surface area (Å²) in [5, 5.41) is 6.36. The first-order valence-electron chi connectivity index (χ1n) is 13.2. The molecule has 1 saturated carbocycles. The van der Waals surface area contributed by atoms with Gasteiger partial charge in [-0.15, -0.1) is 0 Å². The van der Waals surface area contributed by atoms with E-state index in [1.165, 1.54) is 27.8 Å². The minimum atomic E-state index is -0.125. The molecule has 1 saturated heterocycles. The maximum atomic E-state index is 13.0. The van der Waals surface area contributed by atoms with Gasteiger partial charge in [0.1, 0.15) is 0 Å². The van der Waals surface area contributed by atoms with Gasteiger partial charge in [0.15, 0.2) is 11.5 Å². The van der Waals surface area contributed by atoms with Crippen LogP contribution in [0.3, 0.4) is 0 Å². The largest absolute Gasteiger partial charge is 0.493 e. The Balaban J connectivity index is 1.14. The SMILES string of the molecule is COc1ccc([C@@]23CC[C@@H](NC(=O)Nc4ccc5c(c4)Cc4ccccc4-5)C[C@@H]2N(C)CC3)cc1OC. The number of methoxy groups -OCH3 is 2. The molecule has 1 aliphatic heterocycles. The van der Waals surface area contributed by atoms with E-state index in [0.717, 1.165) is 55.8 Å². The van der Waals surface area contributed by atoms with E-state index < -0.39 is 0 Å². The third-order valence-corrected chi connectivity index (χ3v) is 8.87. The lowest BCUT2D eigenvalue weighted by molar-refractivity contribution is 0.156. The zero-order valence-electron chi connectivity index (χ0n) is 21.8. The molecular weight excluding hydrogens is 462 g/mol. The van der Waals surface area contributed by atoms with Gasteiger partial charge in [-0.1, -0.05) is 36.4 Å². The van der Waals surface area contributed by atoms with Crippen molar-refractivity contribution in [3.63, 3.8) is 0 Å². The molecule has 1 heterocycles. The Morgan fingerprint density at radius 1 is 0.946 bits per heavy atom. The Morgan fingerprint density at radius 2 is 1.76 bits per heavy atom. The number of rotatable bonds is 5. The van der Waals surface area contributed by atoms with Crippen LogP contribution in [0, 0.1) is 0 Å². The average Bonchev–Trinajstić information content (AvgIpc) is 3.46. The molecule has 37 heavy (non-hydrogen) atoms. The number of carbonyl (C=O) groups is 1. The summed E-state index contributed by atoms with van der Waals surface area (Å²) >= 11 is 0. The monoisotopic (exact) mass is 497 g/mol. The number of benzene rings is 3. The minimum Gasteiger partial charge on any atom is -0.493 e. The lowest BCUT2D eigenvalue weighted by Crippen LogP contribution is -2.52. The summed E-state index contributed by atoms with van der Waals surface area (Å²) < 4.78 is 11.1. The van der Waals surface area contributed by atoms with Crippen molar-refractivity contribution in [3.8, 4) is 22.6 Å². The Bertz CT molecular complexity index is 1340. The molecule has 0 radical (unpaired) electrons. The van der Waals surface area contributed by atoms with Crippen LogP contribution in [0.4, 0.5) is 10.5 Å². The highest BCUT2D eigenvalue weighted by Gasteiger charge is 2.50. The van der Waals surface area contributed by atoms with Gasteiger partial charge in [0, 0.05) is 23.2 Å². The first-order valence-corrected chi connectivity index (χ1v) is 13.2. The zero-order valence-corrected chi connectivity index (χ0v) is 21.8. The van der Waals surface area contributed by atoms with E-state index in [0.29, 0.717) is 6.04 Å². The van der Waals surface area contributed by atoms with E-state index in [4.69, 9.17) is 9.47 Å². The van der Waals surface area contributed by atoms with Crippen molar-refractivity contribution in [1.29, 1.82) is 0 Å². The van der Waals surface area contributed by atoms with Gasteiger partial charge in [-0.05, 0) is 97.8 Å². The first kappa shape index (κ1) is 23.9. The van der Waals surface area contributed by atoms with Crippen LogP contribution in [-0.4, -0.2) is 50.8 Å². The number of carbonyl (C=O) groups excluding carboxylic acids is 1. The van der Waals surface area contributed by atoms with Crippen LogP contribution in [0.5, 0.6) is 11.5 Å². The van der Waals surface area contributed by atoms with Gasteiger partial charge < -0.3 is 25.0 Å². The third-order valence-electron chi connectivity index (χ3n) is 8.87. The number of nitrogens with one attached hydrogen (secondary N) is 2. The normalized spacial score (nSPS) is 24.1. The number of urea groups is 1. The number of fused-ring (bicyclic) bond motifs is 4. The molecule has 0 aromatic heterocycles. The number of hydrogen-bond donors (Lipinski definition) is 2. The second-order valence-corrected chi connectivity index (χ2v) is 10.7. The maximum absolute atomic E-state index is 13.0. The molecule has 6 rings (SSSR count). The lowest BCUT2D eigenvalue weighted by atomic mass is 9.65. The fourth-order valence-corrected chi connectivity index (χ4v) is 6.97. The van der Waals surface area contributed by atoms with Gasteiger partial charge in [-0.2, -0.15) is 0 Å². The minimum absolute atomic E-state index is 0.0674. The van der Waals surface area contributed by atoms with E-state index >= 15 is 0 Å². The van der Waals surface area contributed by atoms with E-state index in [2.05, 4.69) is 71.1 Å². The van der Waals surface area contributed by atoms with Crippen LogP contribution in [0.15, 0.2) is 60.7 Å². The molecule has 3 aromatic carbocycles. The van der Waals surface area contributed by atoms with Gasteiger partial charge in [0.2, 0.25) is 0 Å². The van der Waals surface area contributed by atoms with Gasteiger partial charge in [-0.3, -0.25) is 0 Å². The van der Waals surface area contributed by atoms with E-state index in [9.17, 15) is 4.79 Å². The number of likely N-dealkylation sites (N-methyl/N-ethyl adjacent to an activating group) is 1. The zero-order chi connectivity index (χ0) is 25.6. The molecule has 2 aliphatic carbocycles. The predicted molar refractivity (Wildman–Crippen MR) is 147 cm³/mol. The van der Waals surface area contributed by atoms with Gasteiger partial charge in [0.05, 0.1) is 14.2 Å². The van der Waals surface area contributed by atoms with Gasteiger partial charge in [0.25, 0.3) is 0 Å². The van der Waals surface area contributed by atoms with Crippen LogP contribution in [0.1, 0.15) is 42.4 Å². The second-order valence-electron chi connectivity index (χ2n) is 10.7. The smallest absolute Gasteiger partial charge is 0.319 e. The molecule has 6 nitrogen and oxygen atoms in total. The lowest BCUT2D eigenvalue weighted by Gasteiger charge is -2.45. The Labute approximate surface area is 219 Å². The van der Waals surface area contributed by atoms with Crippen molar-refractivity contribution in [2.75, 3.05) is 33.1 Å². The van der Waals surface area contributed by atoms with Gasteiger partial charge >= 0.3 is 6.03 Å². The van der Waals surface area contributed by atoms with Crippen molar-refractivity contribution in [3.05, 3.63) is 77.4 Å². The van der Waals surface area contributed by atoms with Crippen molar-refractivity contribution in [2.24, 2.45) is 0 Å². The quantitative estimate of drug-likeness (QED) is 0.377. The number of anilines is 1. The summed E-state index contributed by atoms with van der Waals surface area (Å²) in [5.41, 5.74) is 7.40. The Hall–Kier alpha value is -3.51. The Kier molecular flexibility index (Phi) is 6.07. The number of amides is 2. The predicted octanol–water partition coefficient (Wildman–Crippen LogP) is 5.59. The van der Waals surface area contributed by atoms with Crippen molar-refractivity contribution in [2.45, 2.75) is 49.6 Å².